The molecule has 0 spiro atoms. The average Bonchev–Trinajstić information content (AvgIpc) is 3.89. The lowest BCUT2D eigenvalue weighted by molar-refractivity contribution is 0.0212. The second-order valence-corrected chi connectivity index (χ2v) is 16.8. The summed E-state index contributed by atoms with van der Waals surface area (Å²) in [5.41, 5.74) is 6.95. The quantitative estimate of drug-likeness (QED) is 0.222. The number of aromatic amines is 1. The summed E-state index contributed by atoms with van der Waals surface area (Å²) in [6.45, 7) is 17.0. The lowest BCUT2D eigenvalue weighted by Crippen LogP contribution is -2.43. The zero-order valence-electron chi connectivity index (χ0n) is 31.6. The molecule has 2 aromatic heterocycles. The number of imidazole rings is 1. The van der Waals surface area contributed by atoms with Gasteiger partial charge in [0.15, 0.2) is 0 Å². The molecule has 3 aliphatic rings. The van der Waals surface area contributed by atoms with Crippen molar-refractivity contribution in [1.29, 1.82) is 0 Å². The van der Waals surface area contributed by atoms with Gasteiger partial charge in [0.25, 0.3) is 0 Å². The number of fused-ring (bicyclic) bond motifs is 1. The number of allylic oxidation sites excluding steroid dienone is 1. The van der Waals surface area contributed by atoms with Gasteiger partial charge in [-0.05, 0) is 107 Å². The first kappa shape index (κ1) is 35.4. The van der Waals surface area contributed by atoms with Gasteiger partial charge in [0, 0.05) is 36.8 Å². The summed E-state index contributed by atoms with van der Waals surface area (Å²) in [7, 11) is 0. The molecule has 10 nitrogen and oxygen atoms in total. The number of H-pyrrole nitrogens is 1. The van der Waals surface area contributed by atoms with Gasteiger partial charge in [-0.1, -0.05) is 50.2 Å². The van der Waals surface area contributed by atoms with E-state index in [0.29, 0.717) is 24.9 Å². The van der Waals surface area contributed by atoms with Crippen molar-refractivity contribution in [2.75, 3.05) is 13.1 Å². The molecule has 3 aliphatic heterocycles. The third-order valence-corrected chi connectivity index (χ3v) is 9.88. The van der Waals surface area contributed by atoms with Gasteiger partial charge >= 0.3 is 12.2 Å². The maximum Gasteiger partial charge on any atom is 0.410 e. The van der Waals surface area contributed by atoms with Crippen LogP contribution in [0.25, 0.3) is 39.0 Å². The van der Waals surface area contributed by atoms with Crippen molar-refractivity contribution in [3.8, 4) is 22.5 Å². The van der Waals surface area contributed by atoms with Crippen LogP contribution < -0.4 is 0 Å². The Bertz CT molecular complexity index is 2050. The number of ether oxygens (including phenoxy) is 2. The van der Waals surface area contributed by atoms with Gasteiger partial charge in [0.1, 0.15) is 17.0 Å². The normalized spacial score (nSPS) is 22.2. The van der Waals surface area contributed by atoms with E-state index in [9.17, 15) is 9.59 Å². The number of nitrogens with zero attached hydrogens (tertiary/aromatic N) is 5. The molecule has 2 aromatic carbocycles. The van der Waals surface area contributed by atoms with Crippen molar-refractivity contribution >= 4 is 34.4 Å². The number of pyridine rings is 1. The van der Waals surface area contributed by atoms with Crippen molar-refractivity contribution < 1.29 is 19.1 Å². The Kier molecular flexibility index (Phi) is 9.21. The van der Waals surface area contributed by atoms with Gasteiger partial charge < -0.3 is 14.5 Å². The number of hydrogen-bond acceptors (Lipinski definition) is 7. The minimum Gasteiger partial charge on any atom is -0.444 e. The van der Waals surface area contributed by atoms with E-state index in [1.54, 1.807) is 11.1 Å². The van der Waals surface area contributed by atoms with Gasteiger partial charge in [0.2, 0.25) is 0 Å². The van der Waals surface area contributed by atoms with Crippen LogP contribution in [0.1, 0.15) is 92.1 Å². The number of likely N-dealkylation sites (tertiary alicyclic amines) is 2. The number of aliphatic imine (C=N–C) groups is 1. The Balaban J connectivity index is 1.02. The molecule has 52 heavy (non-hydrogen) atoms. The third-order valence-electron chi connectivity index (χ3n) is 9.88. The second kappa shape index (κ2) is 13.5. The molecule has 2 amide bonds. The predicted molar refractivity (Wildman–Crippen MR) is 205 cm³/mol. The molecule has 5 heterocycles. The highest BCUT2D eigenvalue weighted by atomic mass is 16.6. The number of nitrogens with one attached hydrogen (secondary N) is 1. The van der Waals surface area contributed by atoms with Gasteiger partial charge in [-0.2, -0.15) is 0 Å². The number of carbonyl (C=O) groups is 2. The maximum atomic E-state index is 13.0. The molecule has 0 bridgehead atoms. The van der Waals surface area contributed by atoms with E-state index in [2.05, 4.69) is 72.3 Å². The Hall–Kier alpha value is -4.99. The molecule has 2 saturated heterocycles. The topological polar surface area (TPSA) is 113 Å². The van der Waals surface area contributed by atoms with E-state index >= 15 is 0 Å². The first-order valence-electron chi connectivity index (χ1n) is 18.4. The van der Waals surface area contributed by atoms with Crippen molar-refractivity contribution in [3.63, 3.8) is 0 Å². The summed E-state index contributed by atoms with van der Waals surface area (Å²) in [6.07, 6.45) is 5.62. The minimum absolute atomic E-state index is 0.0365. The number of benzene rings is 2. The molecular weight excluding hydrogens is 653 g/mol. The number of carbonyl (C=O) groups excluding carboxylic acids is 2. The summed E-state index contributed by atoms with van der Waals surface area (Å²) in [6, 6.07) is 18.8. The highest BCUT2D eigenvalue weighted by Gasteiger charge is 2.40. The smallest absolute Gasteiger partial charge is 0.410 e. The fraction of sp³-hybridized carbons (Fsp3) is 0.452. The van der Waals surface area contributed by atoms with Crippen LogP contribution in [0.5, 0.6) is 0 Å². The molecule has 0 unspecified atom stereocenters. The van der Waals surface area contributed by atoms with Crippen LogP contribution >= 0.6 is 0 Å². The van der Waals surface area contributed by atoms with Crippen molar-refractivity contribution in [1.82, 2.24) is 24.8 Å². The van der Waals surface area contributed by atoms with Gasteiger partial charge in [-0.3, -0.25) is 14.8 Å². The van der Waals surface area contributed by atoms with Crippen LogP contribution in [0, 0.1) is 11.8 Å². The van der Waals surface area contributed by atoms with Crippen molar-refractivity contribution in [2.45, 2.75) is 97.9 Å². The average molecular weight is 703 g/mol. The van der Waals surface area contributed by atoms with E-state index in [-0.39, 0.29) is 24.3 Å². The number of aromatic nitrogens is 3. The molecule has 7 rings (SSSR count). The zero-order valence-corrected chi connectivity index (χ0v) is 31.6. The standard InChI is InChI=1S/C42H50N6O4/c1-25-17-36(47(23-25)39(49)51-41(3,4)5)34-20-31(21-43-34)28-11-9-27(10-12-28)29-13-15-32-30(19-29)14-16-33(45-32)35-22-44-38(46-35)37-18-26(2)24-48(37)40(50)52-42(6,7)8/h9-16,19,21-22,25-26,36-37H,17-18,20,23-24H2,1-8H3,(H,44,46)/t25-,26-,36-,37-/m0/s1. The fourth-order valence-electron chi connectivity index (χ4n) is 7.51. The van der Waals surface area contributed by atoms with E-state index in [1.807, 2.05) is 58.7 Å². The lowest BCUT2D eigenvalue weighted by Gasteiger charge is -2.28. The van der Waals surface area contributed by atoms with Crippen LogP contribution in [-0.4, -0.2) is 73.0 Å². The fourth-order valence-corrected chi connectivity index (χ4v) is 7.51. The lowest BCUT2D eigenvalue weighted by atomic mass is 9.95. The molecule has 4 aromatic rings. The summed E-state index contributed by atoms with van der Waals surface area (Å²) in [5, 5.41) is 1.04. The number of amides is 2. The van der Waals surface area contributed by atoms with E-state index in [0.717, 1.165) is 75.4 Å². The predicted octanol–water partition coefficient (Wildman–Crippen LogP) is 9.44. The van der Waals surface area contributed by atoms with Crippen LogP contribution in [0.15, 0.2) is 72.0 Å². The number of rotatable bonds is 5. The van der Waals surface area contributed by atoms with Crippen molar-refractivity contribution in [2.24, 2.45) is 16.8 Å². The summed E-state index contributed by atoms with van der Waals surface area (Å²) in [5.74, 6) is 1.49. The highest BCUT2D eigenvalue weighted by Crippen LogP contribution is 2.37. The molecule has 0 saturated carbocycles. The Morgan fingerprint density at radius 2 is 1.37 bits per heavy atom. The third kappa shape index (κ3) is 7.61. The van der Waals surface area contributed by atoms with Crippen LogP contribution in [0.3, 0.4) is 0 Å². The van der Waals surface area contributed by atoms with E-state index in [1.165, 1.54) is 0 Å². The van der Waals surface area contributed by atoms with E-state index in [4.69, 9.17) is 19.5 Å². The van der Waals surface area contributed by atoms with Gasteiger partial charge in [-0.25, -0.2) is 19.6 Å². The largest absolute Gasteiger partial charge is 0.444 e. The summed E-state index contributed by atoms with van der Waals surface area (Å²) < 4.78 is 11.4. The van der Waals surface area contributed by atoms with Crippen LogP contribution in [0.4, 0.5) is 9.59 Å². The Morgan fingerprint density at radius 1 is 0.769 bits per heavy atom. The first-order chi connectivity index (χ1) is 24.6. The molecular formula is C42H50N6O4. The second-order valence-electron chi connectivity index (χ2n) is 16.8. The molecule has 1 N–H and O–H groups in total. The summed E-state index contributed by atoms with van der Waals surface area (Å²) in [4.78, 5) is 47.5. The minimum atomic E-state index is -0.559. The van der Waals surface area contributed by atoms with Gasteiger partial charge in [-0.15, -0.1) is 0 Å². The number of hydrogen-bond donors (Lipinski definition) is 1. The highest BCUT2D eigenvalue weighted by molar-refractivity contribution is 6.03. The zero-order chi connectivity index (χ0) is 36.9. The SMILES string of the molecule is C[C@H]1C[C@@H](C2=NC=C(c3ccc(-c4ccc5nc(-c6cnc([C@@H]7C[C@H](C)CN7C(=O)OC(C)(C)C)[nH]6)ccc5c4)cc3)C2)N(C(=O)OC(C)(C)C)C1. The summed E-state index contributed by atoms with van der Waals surface area (Å²) >= 11 is 0. The molecule has 4 atom stereocenters. The maximum absolute atomic E-state index is 13.0. The molecule has 10 heteroatoms. The Morgan fingerprint density at radius 3 is 2.02 bits per heavy atom. The van der Waals surface area contributed by atoms with Gasteiger partial charge in [0.05, 0.1) is 35.2 Å². The van der Waals surface area contributed by atoms with Crippen LogP contribution in [-0.2, 0) is 9.47 Å². The van der Waals surface area contributed by atoms with Crippen LogP contribution in [0.2, 0.25) is 0 Å². The Labute approximate surface area is 306 Å². The molecule has 0 radical (unpaired) electrons. The first-order valence-corrected chi connectivity index (χ1v) is 18.4. The molecule has 0 aliphatic carbocycles. The van der Waals surface area contributed by atoms with E-state index < -0.39 is 11.2 Å². The van der Waals surface area contributed by atoms with Crippen molar-refractivity contribution in [3.05, 3.63) is 78.4 Å². The molecule has 2 fully saturated rings. The molecule has 272 valence electrons. The monoisotopic (exact) mass is 702 g/mol.